The van der Waals surface area contributed by atoms with E-state index in [0.29, 0.717) is 12.6 Å². The van der Waals surface area contributed by atoms with Crippen LogP contribution in [-0.2, 0) is 4.74 Å². The van der Waals surface area contributed by atoms with Crippen molar-refractivity contribution in [1.82, 2.24) is 15.5 Å². The van der Waals surface area contributed by atoms with Crippen molar-refractivity contribution >= 4 is 6.03 Å². The van der Waals surface area contributed by atoms with Gasteiger partial charge in [0.15, 0.2) is 0 Å². The molecule has 1 atom stereocenters. The van der Waals surface area contributed by atoms with Crippen molar-refractivity contribution in [3.05, 3.63) is 0 Å². The van der Waals surface area contributed by atoms with Gasteiger partial charge >= 0.3 is 6.03 Å². The Morgan fingerprint density at radius 3 is 2.87 bits per heavy atom. The molecule has 1 fully saturated rings. The van der Waals surface area contributed by atoms with Gasteiger partial charge < -0.3 is 20.3 Å². The third-order valence-corrected chi connectivity index (χ3v) is 2.38. The molecule has 1 unspecified atom stereocenters. The Morgan fingerprint density at radius 2 is 2.27 bits per heavy atom. The average molecular weight is 215 g/mol. The third kappa shape index (κ3) is 4.99. The Hall–Kier alpha value is -0.810. The van der Waals surface area contributed by atoms with E-state index in [1.54, 1.807) is 14.1 Å². The van der Waals surface area contributed by atoms with Crippen molar-refractivity contribution in [1.29, 1.82) is 0 Å². The molecule has 1 rings (SSSR count). The van der Waals surface area contributed by atoms with Crippen molar-refractivity contribution in [3.63, 3.8) is 0 Å². The second-order valence-electron chi connectivity index (χ2n) is 3.97. The first-order chi connectivity index (χ1) is 7.20. The maximum Gasteiger partial charge on any atom is 0.316 e. The predicted molar refractivity (Wildman–Crippen MR) is 58.9 cm³/mol. The summed E-state index contributed by atoms with van der Waals surface area (Å²) in [4.78, 5) is 12.7. The summed E-state index contributed by atoms with van der Waals surface area (Å²) in [5.41, 5.74) is 0. The van der Waals surface area contributed by atoms with Crippen LogP contribution < -0.4 is 10.6 Å². The fourth-order valence-corrected chi connectivity index (χ4v) is 1.48. The number of nitrogens with zero attached hydrogens (tertiary/aromatic N) is 1. The molecule has 88 valence electrons. The molecule has 5 heteroatoms. The fourth-order valence-electron chi connectivity index (χ4n) is 1.48. The van der Waals surface area contributed by atoms with Crippen LogP contribution in [0.5, 0.6) is 0 Å². The van der Waals surface area contributed by atoms with Crippen LogP contribution in [-0.4, -0.2) is 57.4 Å². The molecule has 1 saturated heterocycles. The number of urea groups is 1. The van der Waals surface area contributed by atoms with Crippen LogP contribution in [0.15, 0.2) is 0 Å². The molecular weight excluding hydrogens is 194 g/mol. The van der Waals surface area contributed by atoms with Gasteiger partial charge in [-0.2, -0.15) is 0 Å². The largest absolute Gasteiger partial charge is 0.377 e. The number of rotatable bonds is 5. The number of carbonyl (C=O) groups excluding carboxylic acids is 1. The lowest BCUT2D eigenvalue weighted by Gasteiger charge is -2.13. The lowest BCUT2D eigenvalue weighted by atomic mass is 10.2. The van der Waals surface area contributed by atoms with Crippen molar-refractivity contribution < 1.29 is 9.53 Å². The van der Waals surface area contributed by atoms with E-state index >= 15 is 0 Å². The topological polar surface area (TPSA) is 53.6 Å². The molecule has 1 heterocycles. The molecule has 2 N–H and O–H groups in total. The minimum atomic E-state index is -0.0473. The van der Waals surface area contributed by atoms with Crippen LogP contribution in [0.4, 0.5) is 4.79 Å². The molecule has 5 nitrogen and oxygen atoms in total. The summed E-state index contributed by atoms with van der Waals surface area (Å²) in [6, 6.07) is -0.0473. The second-order valence-corrected chi connectivity index (χ2v) is 3.97. The first kappa shape index (κ1) is 12.3. The third-order valence-electron chi connectivity index (χ3n) is 2.38. The minimum absolute atomic E-state index is 0.0473. The zero-order chi connectivity index (χ0) is 11.1. The van der Waals surface area contributed by atoms with E-state index < -0.39 is 0 Å². The van der Waals surface area contributed by atoms with Gasteiger partial charge in [-0.25, -0.2) is 4.79 Å². The van der Waals surface area contributed by atoms with E-state index in [4.69, 9.17) is 4.74 Å². The first-order valence-electron chi connectivity index (χ1n) is 5.47. The highest BCUT2D eigenvalue weighted by Gasteiger charge is 2.14. The lowest BCUT2D eigenvalue weighted by molar-refractivity contribution is 0.110. The van der Waals surface area contributed by atoms with Crippen molar-refractivity contribution in [2.75, 3.05) is 40.3 Å². The minimum Gasteiger partial charge on any atom is -0.377 e. The van der Waals surface area contributed by atoms with Crippen LogP contribution >= 0.6 is 0 Å². The molecule has 0 aromatic heterocycles. The summed E-state index contributed by atoms with van der Waals surface area (Å²) < 4.78 is 5.46. The van der Waals surface area contributed by atoms with Crippen LogP contribution in [0.1, 0.15) is 12.8 Å². The van der Waals surface area contributed by atoms with Gasteiger partial charge in [0, 0.05) is 40.3 Å². The highest BCUT2D eigenvalue weighted by atomic mass is 16.5. The van der Waals surface area contributed by atoms with Crippen molar-refractivity contribution in [2.24, 2.45) is 0 Å². The number of hydrogen-bond acceptors (Lipinski definition) is 3. The van der Waals surface area contributed by atoms with Crippen LogP contribution in [0.2, 0.25) is 0 Å². The van der Waals surface area contributed by atoms with E-state index in [1.165, 1.54) is 11.3 Å². The van der Waals surface area contributed by atoms with Crippen molar-refractivity contribution in [2.45, 2.75) is 18.9 Å². The van der Waals surface area contributed by atoms with Crippen LogP contribution in [0, 0.1) is 0 Å². The summed E-state index contributed by atoms with van der Waals surface area (Å²) in [5, 5.41) is 6.05. The monoisotopic (exact) mass is 215 g/mol. The maximum absolute atomic E-state index is 11.1. The molecule has 0 aliphatic carbocycles. The van der Waals surface area contributed by atoms with Gasteiger partial charge in [0.05, 0.1) is 6.10 Å². The molecule has 2 amide bonds. The first-order valence-corrected chi connectivity index (χ1v) is 5.47. The molecule has 1 aliphatic heterocycles. The van der Waals surface area contributed by atoms with E-state index in [1.807, 2.05) is 0 Å². The molecule has 1 aliphatic rings. The normalized spacial score (nSPS) is 20.3. The molecule has 15 heavy (non-hydrogen) atoms. The van der Waals surface area contributed by atoms with Crippen LogP contribution in [0.25, 0.3) is 0 Å². The quantitative estimate of drug-likeness (QED) is 0.636. The molecule has 0 saturated carbocycles. The Balaban J connectivity index is 1.90. The number of hydrogen-bond donors (Lipinski definition) is 2. The summed E-state index contributed by atoms with van der Waals surface area (Å²) in [5.74, 6) is 0. The number of carbonyl (C=O) groups is 1. The predicted octanol–water partition coefficient (Wildman–Crippen LogP) is 0.0262. The molecular formula is C10H21N3O2. The highest BCUT2D eigenvalue weighted by Crippen LogP contribution is 2.10. The summed E-state index contributed by atoms with van der Waals surface area (Å²) in [6.07, 6.45) is 2.69. The SMILES string of the molecule is CN(C)C(=O)NCCNCC1CCCO1. The Bertz CT molecular complexity index is 191. The lowest BCUT2D eigenvalue weighted by Crippen LogP contribution is -2.39. The summed E-state index contributed by atoms with van der Waals surface area (Å²) >= 11 is 0. The van der Waals surface area contributed by atoms with E-state index in [-0.39, 0.29) is 6.03 Å². The smallest absolute Gasteiger partial charge is 0.316 e. The molecule has 0 spiro atoms. The van der Waals surface area contributed by atoms with Gasteiger partial charge in [-0.3, -0.25) is 0 Å². The van der Waals surface area contributed by atoms with E-state index in [0.717, 1.165) is 26.1 Å². The van der Waals surface area contributed by atoms with Crippen LogP contribution in [0.3, 0.4) is 0 Å². The number of amides is 2. The van der Waals surface area contributed by atoms with Gasteiger partial charge in [0.1, 0.15) is 0 Å². The molecule has 0 aromatic rings. The Kier molecular flexibility index (Phi) is 5.42. The van der Waals surface area contributed by atoms with Gasteiger partial charge in [-0.1, -0.05) is 0 Å². The van der Waals surface area contributed by atoms with Gasteiger partial charge in [-0.05, 0) is 12.8 Å². The zero-order valence-electron chi connectivity index (χ0n) is 9.58. The molecule has 0 aromatic carbocycles. The summed E-state index contributed by atoms with van der Waals surface area (Å²) in [7, 11) is 3.46. The average Bonchev–Trinajstić information content (AvgIpc) is 2.69. The maximum atomic E-state index is 11.1. The Morgan fingerprint density at radius 1 is 1.47 bits per heavy atom. The van der Waals surface area contributed by atoms with Gasteiger partial charge in [0.2, 0.25) is 0 Å². The standard InChI is InChI=1S/C10H21N3O2/c1-13(2)10(14)12-6-5-11-8-9-4-3-7-15-9/h9,11H,3-8H2,1-2H3,(H,12,14). The van der Waals surface area contributed by atoms with E-state index in [9.17, 15) is 4.79 Å². The second kappa shape index (κ2) is 6.63. The van der Waals surface area contributed by atoms with Gasteiger partial charge in [-0.15, -0.1) is 0 Å². The highest BCUT2D eigenvalue weighted by molar-refractivity contribution is 5.73. The molecule has 0 radical (unpaired) electrons. The fraction of sp³-hybridized carbons (Fsp3) is 0.900. The van der Waals surface area contributed by atoms with E-state index in [2.05, 4.69) is 10.6 Å². The number of ether oxygens (including phenoxy) is 1. The summed E-state index contributed by atoms with van der Waals surface area (Å²) in [6.45, 7) is 3.23. The number of nitrogens with one attached hydrogen (secondary N) is 2. The zero-order valence-corrected chi connectivity index (χ0v) is 9.58. The molecule has 0 bridgehead atoms. The van der Waals surface area contributed by atoms with Crippen molar-refractivity contribution in [3.8, 4) is 0 Å². The Labute approximate surface area is 91.2 Å². The van der Waals surface area contributed by atoms with Gasteiger partial charge in [0.25, 0.3) is 0 Å².